The van der Waals surface area contributed by atoms with Crippen molar-refractivity contribution >= 4 is 11.6 Å². The zero-order chi connectivity index (χ0) is 16.6. The minimum atomic E-state index is -0.878. The number of phenolic OH excluding ortho intramolecular Hbond substituents is 1. The highest BCUT2D eigenvalue weighted by atomic mass is 35.5. The lowest BCUT2D eigenvalue weighted by molar-refractivity contribution is 0.215. The van der Waals surface area contributed by atoms with Gasteiger partial charge in [0.2, 0.25) is 0 Å². The third-order valence-electron chi connectivity index (χ3n) is 3.54. The Hall–Kier alpha value is -2.37. The number of benzene rings is 2. The molecule has 5 nitrogen and oxygen atoms in total. The highest BCUT2D eigenvalue weighted by Gasteiger charge is 2.16. The van der Waals surface area contributed by atoms with Gasteiger partial charge in [-0.2, -0.15) is 0 Å². The van der Waals surface area contributed by atoms with E-state index < -0.39 is 6.10 Å². The molecule has 118 valence electrons. The number of aromatic nitrogens is 3. The third kappa shape index (κ3) is 3.21. The lowest BCUT2D eigenvalue weighted by atomic mass is 10.0. The van der Waals surface area contributed by atoms with Crippen LogP contribution < -0.4 is 0 Å². The summed E-state index contributed by atoms with van der Waals surface area (Å²) in [6.07, 6.45) is 0.711. The molecule has 2 aromatic carbocycles. The molecule has 3 rings (SSSR count). The van der Waals surface area contributed by atoms with E-state index >= 15 is 0 Å². The Balaban J connectivity index is 1.95. The normalized spacial score (nSPS) is 12.3. The molecule has 0 saturated heterocycles. The van der Waals surface area contributed by atoms with Gasteiger partial charge in [0.15, 0.2) is 0 Å². The number of aliphatic hydroxyl groups excluding tert-OH is 1. The Morgan fingerprint density at radius 3 is 2.43 bits per heavy atom. The molecule has 1 atom stereocenters. The van der Waals surface area contributed by atoms with Gasteiger partial charge in [0.1, 0.15) is 23.2 Å². The summed E-state index contributed by atoms with van der Waals surface area (Å²) >= 11 is 5.82. The summed E-state index contributed by atoms with van der Waals surface area (Å²) in [5, 5.41) is 28.9. The largest absolute Gasteiger partial charge is 0.506 e. The Labute approximate surface area is 138 Å². The van der Waals surface area contributed by atoms with Crippen LogP contribution in [-0.4, -0.2) is 25.2 Å². The van der Waals surface area contributed by atoms with Crippen LogP contribution in [0.25, 0.3) is 5.69 Å². The first kappa shape index (κ1) is 15.5. The molecule has 0 aliphatic rings. The molecular weight excluding hydrogens is 314 g/mol. The molecule has 2 N–H and O–H groups in total. The van der Waals surface area contributed by atoms with Gasteiger partial charge in [-0.05, 0) is 31.5 Å². The van der Waals surface area contributed by atoms with Gasteiger partial charge in [0, 0.05) is 11.1 Å². The maximum atomic E-state index is 10.5. The fraction of sp³-hybridized carbons (Fsp3) is 0.176. The van der Waals surface area contributed by atoms with Gasteiger partial charge in [-0.25, -0.2) is 4.68 Å². The smallest absolute Gasteiger partial charge is 0.142 e. The maximum absolute atomic E-state index is 10.5. The van der Waals surface area contributed by atoms with E-state index in [9.17, 15) is 10.2 Å². The monoisotopic (exact) mass is 329 g/mol. The van der Waals surface area contributed by atoms with E-state index in [1.807, 2.05) is 32.0 Å². The van der Waals surface area contributed by atoms with E-state index in [-0.39, 0.29) is 5.75 Å². The predicted octanol–water partition coefficient (Wildman–Crippen LogP) is 3.32. The summed E-state index contributed by atoms with van der Waals surface area (Å²) in [7, 11) is 0. The Morgan fingerprint density at radius 1 is 1.09 bits per heavy atom. The molecule has 3 aromatic rings. The lowest BCUT2D eigenvalue weighted by Crippen LogP contribution is -2.01. The minimum absolute atomic E-state index is 0.00478. The van der Waals surface area contributed by atoms with Crippen molar-refractivity contribution in [3.8, 4) is 11.4 Å². The van der Waals surface area contributed by atoms with Crippen LogP contribution in [0.1, 0.15) is 28.5 Å². The molecule has 23 heavy (non-hydrogen) atoms. The van der Waals surface area contributed by atoms with Gasteiger partial charge in [0.05, 0.1) is 6.20 Å². The number of aliphatic hydroxyl groups is 1. The summed E-state index contributed by atoms with van der Waals surface area (Å²) in [6.45, 7) is 3.96. The van der Waals surface area contributed by atoms with Crippen LogP contribution in [0, 0.1) is 13.8 Å². The summed E-state index contributed by atoms with van der Waals surface area (Å²) in [4.78, 5) is 0. The fourth-order valence-corrected chi connectivity index (χ4v) is 2.71. The first-order chi connectivity index (χ1) is 10.9. The molecular formula is C17H16ClN3O2. The summed E-state index contributed by atoms with van der Waals surface area (Å²) in [5.41, 5.74) is 3.75. The van der Waals surface area contributed by atoms with E-state index in [4.69, 9.17) is 11.6 Å². The number of hydrogen-bond acceptors (Lipinski definition) is 4. The fourth-order valence-electron chi connectivity index (χ4n) is 2.55. The van der Waals surface area contributed by atoms with Crippen LogP contribution in [0.3, 0.4) is 0 Å². The minimum Gasteiger partial charge on any atom is -0.506 e. The number of hydrogen-bond donors (Lipinski definition) is 2. The van der Waals surface area contributed by atoms with Crippen molar-refractivity contribution in [3.05, 3.63) is 70.0 Å². The van der Waals surface area contributed by atoms with Crippen LogP contribution in [-0.2, 0) is 0 Å². The summed E-state index contributed by atoms with van der Waals surface area (Å²) in [5.74, 6) is -0.00478. The van der Waals surface area contributed by atoms with Gasteiger partial charge in [-0.3, -0.25) is 0 Å². The zero-order valence-corrected chi connectivity index (χ0v) is 13.5. The number of aromatic hydroxyl groups is 1. The molecule has 1 heterocycles. The first-order valence-corrected chi connectivity index (χ1v) is 7.49. The molecule has 0 radical (unpaired) electrons. The average molecular weight is 330 g/mol. The summed E-state index contributed by atoms with van der Waals surface area (Å²) in [6, 6.07) is 10.6. The van der Waals surface area contributed by atoms with E-state index in [1.165, 1.54) is 10.7 Å². The predicted molar refractivity (Wildman–Crippen MR) is 88.0 cm³/mol. The van der Waals surface area contributed by atoms with E-state index in [0.717, 1.165) is 16.7 Å². The highest BCUT2D eigenvalue weighted by molar-refractivity contribution is 6.30. The molecule has 1 aromatic heterocycles. The van der Waals surface area contributed by atoms with Crippen LogP contribution in [0.2, 0.25) is 5.02 Å². The Bertz CT molecular complexity index is 841. The molecule has 0 fully saturated rings. The second kappa shape index (κ2) is 6.02. The van der Waals surface area contributed by atoms with Crippen molar-refractivity contribution in [1.29, 1.82) is 0 Å². The molecule has 0 aliphatic heterocycles. The zero-order valence-electron chi connectivity index (χ0n) is 12.7. The van der Waals surface area contributed by atoms with Crippen molar-refractivity contribution in [3.63, 3.8) is 0 Å². The number of halogens is 1. The highest BCUT2D eigenvalue weighted by Crippen LogP contribution is 2.27. The van der Waals surface area contributed by atoms with E-state index in [1.54, 1.807) is 18.3 Å². The van der Waals surface area contributed by atoms with Crippen molar-refractivity contribution in [1.82, 2.24) is 15.0 Å². The van der Waals surface area contributed by atoms with Gasteiger partial charge in [-0.15, -0.1) is 5.10 Å². The topological polar surface area (TPSA) is 71.2 Å². The van der Waals surface area contributed by atoms with Crippen LogP contribution in [0.15, 0.2) is 42.6 Å². The van der Waals surface area contributed by atoms with E-state index in [0.29, 0.717) is 16.4 Å². The summed E-state index contributed by atoms with van der Waals surface area (Å²) < 4.78 is 1.41. The van der Waals surface area contributed by atoms with Crippen LogP contribution >= 0.6 is 11.6 Å². The van der Waals surface area contributed by atoms with Crippen molar-refractivity contribution in [2.75, 3.05) is 0 Å². The van der Waals surface area contributed by atoms with Crippen LogP contribution in [0.5, 0.6) is 5.75 Å². The van der Waals surface area contributed by atoms with Gasteiger partial charge < -0.3 is 10.2 Å². The van der Waals surface area contributed by atoms with Crippen molar-refractivity contribution in [2.45, 2.75) is 20.0 Å². The standard InChI is InChI=1S/C17H16ClN3O2/c1-10-5-11(2)7-12(6-10)17(23)14-9-21(20-19-14)15-4-3-13(18)8-16(15)22/h3-9,17,22-23H,1-2H3. The number of rotatable bonds is 3. The Kier molecular flexibility index (Phi) is 4.07. The average Bonchev–Trinajstić information content (AvgIpc) is 2.95. The molecule has 0 bridgehead atoms. The first-order valence-electron chi connectivity index (χ1n) is 7.11. The van der Waals surface area contributed by atoms with Crippen LogP contribution in [0.4, 0.5) is 0 Å². The quantitative estimate of drug-likeness (QED) is 0.773. The van der Waals surface area contributed by atoms with Gasteiger partial charge in [-0.1, -0.05) is 46.1 Å². The second-order valence-electron chi connectivity index (χ2n) is 5.54. The van der Waals surface area contributed by atoms with Crippen molar-refractivity contribution in [2.24, 2.45) is 0 Å². The van der Waals surface area contributed by atoms with E-state index in [2.05, 4.69) is 10.3 Å². The second-order valence-corrected chi connectivity index (χ2v) is 5.98. The lowest BCUT2D eigenvalue weighted by Gasteiger charge is -2.10. The molecule has 6 heteroatoms. The molecule has 0 saturated carbocycles. The van der Waals surface area contributed by atoms with Crippen molar-refractivity contribution < 1.29 is 10.2 Å². The molecule has 1 unspecified atom stereocenters. The number of nitrogens with zero attached hydrogens (tertiary/aromatic N) is 3. The number of phenols is 1. The maximum Gasteiger partial charge on any atom is 0.142 e. The number of aryl methyl sites for hydroxylation is 2. The molecule has 0 amide bonds. The van der Waals surface area contributed by atoms with Gasteiger partial charge >= 0.3 is 0 Å². The third-order valence-corrected chi connectivity index (χ3v) is 3.77. The molecule has 0 aliphatic carbocycles. The van der Waals surface area contributed by atoms with Gasteiger partial charge in [0.25, 0.3) is 0 Å². The Morgan fingerprint density at radius 2 is 1.78 bits per heavy atom. The SMILES string of the molecule is Cc1cc(C)cc(C(O)c2cn(-c3ccc(Cl)cc3O)nn2)c1. The molecule has 0 spiro atoms.